The van der Waals surface area contributed by atoms with Crippen LogP contribution in [0.2, 0.25) is 0 Å². The average molecular weight is 181 g/mol. The van der Waals surface area contributed by atoms with Crippen LogP contribution in [0, 0.1) is 0 Å². The lowest BCUT2D eigenvalue weighted by atomic mass is 10.1. The number of benzene rings is 1. The third-order valence-electron chi connectivity index (χ3n) is 2.14. The second kappa shape index (κ2) is 3.24. The summed E-state index contributed by atoms with van der Waals surface area (Å²) in [5.41, 5.74) is 1.53. The van der Waals surface area contributed by atoms with E-state index < -0.39 is 6.17 Å². The molecule has 1 unspecified atom stereocenters. The van der Waals surface area contributed by atoms with E-state index >= 15 is 0 Å². The van der Waals surface area contributed by atoms with Gasteiger partial charge in [0.05, 0.1) is 5.69 Å². The van der Waals surface area contributed by atoms with Crippen LogP contribution < -0.4 is 10.1 Å². The zero-order valence-corrected chi connectivity index (χ0v) is 7.51. The van der Waals surface area contributed by atoms with Crippen LogP contribution in [0.5, 0.6) is 5.75 Å². The molecule has 1 aromatic rings. The number of hydrogen-bond donors (Lipinski definition) is 1. The molecular weight excluding hydrogens is 169 g/mol. The molecule has 1 aliphatic heterocycles. The third-order valence-corrected chi connectivity index (χ3v) is 2.14. The van der Waals surface area contributed by atoms with Crippen LogP contribution in [0.1, 0.15) is 18.7 Å². The highest BCUT2D eigenvalue weighted by molar-refractivity contribution is 5.61. The van der Waals surface area contributed by atoms with E-state index in [1.807, 2.05) is 12.1 Å². The fraction of sp³-hybridized carbons (Fsp3) is 0.400. The van der Waals surface area contributed by atoms with Gasteiger partial charge in [-0.2, -0.15) is 0 Å². The monoisotopic (exact) mass is 181 g/mol. The molecule has 1 aliphatic rings. The fourth-order valence-corrected chi connectivity index (χ4v) is 1.51. The number of halogens is 1. The Labute approximate surface area is 76.7 Å². The molecule has 0 spiro atoms. The van der Waals surface area contributed by atoms with Gasteiger partial charge in [0, 0.05) is 12.1 Å². The Balaban J connectivity index is 2.46. The van der Waals surface area contributed by atoms with Gasteiger partial charge in [-0.25, -0.2) is 4.39 Å². The van der Waals surface area contributed by atoms with Crippen molar-refractivity contribution in [1.82, 2.24) is 0 Å². The van der Waals surface area contributed by atoms with Crippen LogP contribution >= 0.6 is 0 Å². The molecule has 0 radical (unpaired) electrons. The molecule has 0 saturated carbocycles. The number of hydrogen-bond acceptors (Lipinski definition) is 2. The van der Waals surface area contributed by atoms with E-state index in [1.165, 1.54) is 6.92 Å². The summed E-state index contributed by atoms with van der Waals surface area (Å²) in [6.07, 6.45) is -0.977. The van der Waals surface area contributed by atoms with Gasteiger partial charge in [0.2, 0.25) is 0 Å². The summed E-state index contributed by atoms with van der Waals surface area (Å²) >= 11 is 0. The largest absolute Gasteiger partial charge is 0.489 e. The van der Waals surface area contributed by atoms with Crippen LogP contribution in [-0.4, -0.2) is 13.2 Å². The lowest BCUT2D eigenvalue weighted by molar-refractivity contribution is 0.300. The Hall–Kier alpha value is -1.25. The Bertz CT molecular complexity index is 312. The van der Waals surface area contributed by atoms with Gasteiger partial charge >= 0.3 is 0 Å². The Morgan fingerprint density at radius 1 is 1.54 bits per heavy atom. The number of para-hydroxylation sites is 1. The van der Waals surface area contributed by atoms with E-state index in [9.17, 15) is 4.39 Å². The molecule has 0 aromatic heterocycles. The Kier molecular flexibility index (Phi) is 2.08. The standard InChI is InChI=1S/C10H12FNO/c1-7(11)8-3-2-4-9-10(8)13-6-5-12-9/h2-4,7,12H,5-6H2,1H3. The van der Waals surface area contributed by atoms with Gasteiger partial charge in [0.25, 0.3) is 0 Å². The first-order chi connectivity index (χ1) is 6.29. The lowest BCUT2D eigenvalue weighted by Crippen LogP contribution is -2.19. The lowest BCUT2D eigenvalue weighted by Gasteiger charge is -2.22. The van der Waals surface area contributed by atoms with Crippen molar-refractivity contribution >= 4 is 5.69 Å². The van der Waals surface area contributed by atoms with Gasteiger partial charge in [-0.3, -0.25) is 0 Å². The van der Waals surface area contributed by atoms with Crippen molar-refractivity contribution in [2.75, 3.05) is 18.5 Å². The minimum Gasteiger partial charge on any atom is -0.489 e. The minimum absolute atomic E-state index is 0.608. The number of fused-ring (bicyclic) bond motifs is 1. The number of rotatable bonds is 1. The summed E-state index contributed by atoms with van der Waals surface area (Å²) in [5, 5.41) is 3.17. The Morgan fingerprint density at radius 3 is 3.15 bits per heavy atom. The minimum atomic E-state index is -0.977. The zero-order valence-electron chi connectivity index (χ0n) is 7.51. The molecule has 3 heteroatoms. The first-order valence-corrected chi connectivity index (χ1v) is 4.42. The summed E-state index contributed by atoms with van der Waals surface area (Å²) < 4.78 is 18.5. The highest BCUT2D eigenvalue weighted by atomic mass is 19.1. The normalized spacial score (nSPS) is 16.8. The third kappa shape index (κ3) is 1.46. The summed E-state index contributed by atoms with van der Waals surface area (Å²) in [4.78, 5) is 0. The van der Waals surface area contributed by atoms with E-state index in [1.54, 1.807) is 6.07 Å². The van der Waals surface area contributed by atoms with E-state index in [0.29, 0.717) is 17.9 Å². The van der Waals surface area contributed by atoms with Crippen LogP contribution in [0.25, 0.3) is 0 Å². The van der Waals surface area contributed by atoms with Crippen LogP contribution in [0.15, 0.2) is 18.2 Å². The number of nitrogens with one attached hydrogen (secondary N) is 1. The molecule has 0 saturated heterocycles. The molecule has 1 aromatic carbocycles. The van der Waals surface area contributed by atoms with E-state index in [0.717, 1.165) is 12.2 Å². The predicted molar refractivity (Wildman–Crippen MR) is 49.9 cm³/mol. The summed E-state index contributed by atoms with van der Waals surface area (Å²) in [7, 11) is 0. The number of alkyl halides is 1. The van der Waals surface area contributed by atoms with Crippen molar-refractivity contribution in [3.8, 4) is 5.75 Å². The maximum Gasteiger partial charge on any atom is 0.148 e. The van der Waals surface area contributed by atoms with Crippen molar-refractivity contribution in [3.63, 3.8) is 0 Å². The second-order valence-electron chi connectivity index (χ2n) is 3.12. The van der Waals surface area contributed by atoms with Crippen molar-refractivity contribution in [3.05, 3.63) is 23.8 Å². The number of anilines is 1. The molecule has 0 amide bonds. The first kappa shape index (κ1) is 8.35. The van der Waals surface area contributed by atoms with Gasteiger partial charge in [0.1, 0.15) is 18.5 Å². The molecule has 2 nitrogen and oxygen atoms in total. The molecule has 0 aliphatic carbocycles. The summed E-state index contributed by atoms with van der Waals surface area (Å²) in [5.74, 6) is 0.670. The molecule has 70 valence electrons. The maximum atomic E-state index is 13.1. The molecule has 0 bridgehead atoms. The molecule has 0 fully saturated rings. The summed E-state index contributed by atoms with van der Waals surface area (Å²) in [6, 6.07) is 5.50. The first-order valence-electron chi connectivity index (χ1n) is 4.42. The van der Waals surface area contributed by atoms with Crippen LogP contribution in [0.4, 0.5) is 10.1 Å². The maximum absolute atomic E-state index is 13.1. The van der Waals surface area contributed by atoms with Gasteiger partial charge in [0.15, 0.2) is 0 Å². The van der Waals surface area contributed by atoms with Gasteiger partial charge in [-0.15, -0.1) is 0 Å². The molecule has 2 rings (SSSR count). The fourth-order valence-electron chi connectivity index (χ4n) is 1.51. The van der Waals surface area contributed by atoms with E-state index in [-0.39, 0.29) is 0 Å². The predicted octanol–water partition coefficient (Wildman–Crippen LogP) is 2.52. The van der Waals surface area contributed by atoms with Crippen molar-refractivity contribution in [2.45, 2.75) is 13.1 Å². The van der Waals surface area contributed by atoms with E-state index in [4.69, 9.17) is 4.74 Å². The van der Waals surface area contributed by atoms with Gasteiger partial charge in [-0.05, 0) is 13.0 Å². The Morgan fingerprint density at radius 2 is 2.38 bits per heavy atom. The average Bonchev–Trinajstić information content (AvgIpc) is 2.17. The molecule has 1 atom stereocenters. The molecule has 13 heavy (non-hydrogen) atoms. The van der Waals surface area contributed by atoms with E-state index in [2.05, 4.69) is 5.32 Å². The number of ether oxygens (including phenoxy) is 1. The van der Waals surface area contributed by atoms with Crippen LogP contribution in [0.3, 0.4) is 0 Å². The smallest absolute Gasteiger partial charge is 0.148 e. The highest BCUT2D eigenvalue weighted by Crippen LogP contribution is 2.35. The molecular formula is C10H12FNO. The highest BCUT2D eigenvalue weighted by Gasteiger charge is 2.16. The summed E-state index contributed by atoms with van der Waals surface area (Å²) in [6.45, 7) is 2.92. The quantitative estimate of drug-likeness (QED) is 0.718. The molecule has 1 heterocycles. The van der Waals surface area contributed by atoms with Crippen molar-refractivity contribution in [1.29, 1.82) is 0 Å². The van der Waals surface area contributed by atoms with Crippen molar-refractivity contribution in [2.24, 2.45) is 0 Å². The second-order valence-corrected chi connectivity index (χ2v) is 3.12. The SMILES string of the molecule is CC(F)c1cccc2c1OCCN2. The van der Waals surface area contributed by atoms with Crippen molar-refractivity contribution < 1.29 is 9.13 Å². The topological polar surface area (TPSA) is 21.3 Å². The van der Waals surface area contributed by atoms with Gasteiger partial charge < -0.3 is 10.1 Å². The van der Waals surface area contributed by atoms with Gasteiger partial charge in [-0.1, -0.05) is 12.1 Å². The zero-order chi connectivity index (χ0) is 9.26. The molecule has 1 N–H and O–H groups in total. The van der Waals surface area contributed by atoms with Crippen LogP contribution in [-0.2, 0) is 0 Å².